The van der Waals surface area contributed by atoms with E-state index in [1.165, 1.54) is 44.8 Å². The van der Waals surface area contributed by atoms with Crippen molar-refractivity contribution in [1.29, 1.82) is 0 Å². The molecule has 3 N–H and O–H groups in total. The van der Waals surface area contributed by atoms with Crippen LogP contribution in [0, 0.1) is 13.8 Å². The summed E-state index contributed by atoms with van der Waals surface area (Å²) in [6, 6.07) is 10.1. The van der Waals surface area contributed by atoms with Crippen LogP contribution in [0.3, 0.4) is 0 Å². The fraction of sp³-hybridized carbons (Fsp3) is 0.625. The fourth-order valence-electron chi connectivity index (χ4n) is 4.95. The Hall–Kier alpha value is -2.00. The predicted molar refractivity (Wildman–Crippen MR) is 158 cm³/mol. The number of hydrogen-bond acceptors (Lipinski definition) is 3. The molecule has 3 heteroatoms. The van der Waals surface area contributed by atoms with Gasteiger partial charge in [0.1, 0.15) is 0 Å². The normalized spacial score (nSPS) is 13.7. The molecule has 196 valence electrons. The first-order valence-corrected chi connectivity index (χ1v) is 13.8. The number of benzene rings is 2. The maximum atomic E-state index is 3.86. The summed E-state index contributed by atoms with van der Waals surface area (Å²) in [5.74, 6) is 2.00. The lowest BCUT2D eigenvalue weighted by Crippen LogP contribution is -2.37. The maximum absolute atomic E-state index is 3.86. The van der Waals surface area contributed by atoms with Gasteiger partial charge in [-0.1, -0.05) is 90.8 Å². The number of aryl methyl sites for hydroxylation is 2. The highest BCUT2D eigenvalue weighted by molar-refractivity contribution is 5.63. The second kappa shape index (κ2) is 12.8. The molecule has 0 saturated heterocycles. The summed E-state index contributed by atoms with van der Waals surface area (Å²) in [7, 11) is 0. The van der Waals surface area contributed by atoms with Crippen molar-refractivity contribution in [2.75, 3.05) is 23.7 Å². The molecule has 35 heavy (non-hydrogen) atoms. The molecule has 0 aliphatic rings. The third-order valence-electron chi connectivity index (χ3n) is 6.86. The van der Waals surface area contributed by atoms with Crippen LogP contribution in [0.15, 0.2) is 24.3 Å². The minimum Gasteiger partial charge on any atom is -0.381 e. The van der Waals surface area contributed by atoms with E-state index in [-0.39, 0.29) is 0 Å². The molecule has 0 aliphatic carbocycles. The topological polar surface area (TPSA) is 36.1 Å². The van der Waals surface area contributed by atoms with Gasteiger partial charge in [-0.2, -0.15) is 0 Å². The molecule has 2 aromatic carbocycles. The first kappa shape index (κ1) is 29.2. The highest BCUT2D eigenvalue weighted by Crippen LogP contribution is 2.35. The van der Waals surface area contributed by atoms with Crippen molar-refractivity contribution >= 4 is 11.4 Å². The Labute approximate surface area is 216 Å². The Kier molecular flexibility index (Phi) is 10.7. The van der Waals surface area contributed by atoms with Crippen LogP contribution in [0.25, 0.3) is 0 Å². The molecular formula is C32H53N3. The van der Waals surface area contributed by atoms with Gasteiger partial charge in [0.05, 0.1) is 0 Å². The summed E-state index contributed by atoms with van der Waals surface area (Å²) in [6.45, 7) is 29.2. The molecule has 0 heterocycles. The molecular weight excluding hydrogens is 426 g/mol. The summed E-state index contributed by atoms with van der Waals surface area (Å²) in [5, 5.41) is 11.4. The Morgan fingerprint density at radius 1 is 0.486 bits per heavy atom. The lowest BCUT2D eigenvalue weighted by molar-refractivity contribution is 0.595. The van der Waals surface area contributed by atoms with Gasteiger partial charge in [0, 0.05) is 36.5 Å². The second-order valence-electron chi connectivity index (χ2n) is 12.0. The van der Waals surface area contributed by atoms with Crippen LogP contribution in [0.1, 0.15) is 126 Å². The lowest BCUT2D eigenvalue weighted by atomic mass is 9.90. The van der Waals surface area contributed by atoms with Crippen molar-refractivity contribution in [2.45, 2.75) is 119 Å². The zero-order chi connectivity index (χ0) is 26.4. The Bertz CT molecular complexity index is 820. The molecule has 0 spiro atoms. The summed E-state index contributed by atoms with van der Waals surface area (Å²) in [6.07, 6.45) is 0. The summed E-state index contributed by atoms with van der Waals surface area (Å²) >= 11 is 0. The van der Waals surface area contributed by atoms with E-state index in [1.54, 1.807) is 0 Å². The van der Waals surface area contributed by atoms with Crippen molar-refractivity contribution in [1.82, 2.24) is 5.32 Å². The predicted octanol–water partition coefficient (Wildman–Crippen LogP) is 8.69. The molecule has 0 saturated carbocycles. The number of nitrogens with one attached hydrogen (secondary N) is 3. The Balaban J connectivity index is 2.07. The van der Waals surface area contributed by atoms with Gasteiger partial charge < -0.3 is 16.0 Å². The smallest absolute Gasteiger partial charge is 0.0413 e. The van der Waals surface area contributed by atoms with E-state index in [2.05, 4.69) is 123 Å². The first-order chi connectivity index (χ1) is 16.3. The summed E-state index contributed by atoms with van der Waals surface area (Å²) in [4.78, 5) is 0. The van der Waals surface area contributed by atoms with E-state index in [1.807, 2.05) is 0 Å². The van der Waals surface area contributed by atoms with E-state index in [4.69, 9.17) is 0 Å². The molecule has 0 radical (unpaired) electrons. The van der Waals surface area contributed by atoms with Crippen LogP contribution in [0.2, 0.25) is 0 Å². The van der Waals surface area contributed by atoms with Crippen LogP contribution < -0.4 is 16.0 Å². The highest BCUT2D eigenvalue weighted by atomic mass is 15.0. The van der Waals surface area contributed by atoms with E-state index >= 15 is 0 Å². The highest BCUT2D eigenvalue weighted by Gasteiger charge is 2.18. The van der Waals surface area contributed by atoms with Gasteiger partial charge in [-0.15, -0.1) is 0 Å². The summed E-state index contributed by atoms with van der Waals surface area (Å²) < 4.78 is 0. The van der Waals surface area contributed by atoms with E-state index in [0.717, 1.165) is 13.1 Å². The van der Waals surface area contributed by atoms with Crippen molar-refractivity contribution in [3.05, 3.63) is 57.6 Å². The zero-order valence-electron chi connectivity index (χ0n) is 24.7. The minimum absolute atomic E-state index is 0.344. The van der Waals surface area contributed by atoms with Crippen LogP contribution in [0.4, 0.5) is 11.4 Å². The lowest BCUT2D eigenvalue weighted by Gasteiger charge is -2.27. The molecule has 0 bridgehead atoms. The van der Waals surface area contributed by atoms with Crippen LogP contribution in [-0.2, 0) is 0 Å². The first-order valence-electron chi connectivity index (χ1n) is 13.8. The average Bonchev–Trinajstić information content (AvgIpc) is 2.74. The van der Waals surface area contributed by atoms with Crippen LogP contribution in [-0.4, -0.2) is 25.2 Å². The van der Waals surface area contributed by atoms with Gasteiger partial charge in [-0.05, 0) is 73.6 Å². The minimum atomic E-state index is 0.344. The number of hydrogen-bond donors (Lipinski definition) is 3. The van der Waals surface area contributed by atoms with E-state index in [9.17, 15) is 0 Å². The molecule has 0 fully saturated rings. The third-order valence-corrected chi connectivity index (χ3v) is 6.86. The largest absolute Gasteiger partial charge is 0.381 e. The quantitative estimate of drug-likeness (QED) is 0.285. The Morgan fingerprint density at radius 2 is 0.743 bits per heavy atom. The fourth-order valence-corrected chi connectivity index (χ4v) is 4.95. The van der Waals surface area contributed by atoms with Crippen molar-refractivity contribution in [3.63, 3.8) is 0 Å². The standard InChI is InChI=1S/C32H53N3/c1-19(2)27-13-23(9)14-28(20(3)4)31(27)34-25(11)17-33-18-26(12)35-32-29(21(5)6)15-24(10)16-30(32)22(7)8/h13-16,19-22,25-26,33-35H,17-18H2,1-12H3. The molecule has 2 atom stereocenters. The molecule has 3 nitrogen and oxygen atoms in total. The number of rotatable bonds is 12. The van der Waals surface area contributed by atoms with Gasteiger partial charge >= 0.3 is 0 Å². The molecule has 2 rings (SSSR count). The third kappa shape index (κ3) is 8.00. The number of anilines is 2. The van der Waals surface area contributed by atoms with Gasteiger partial charge in [0.15, 0.2) is 0 Å². The maximum Gasteiger partial charge on any atom is 0.0413 e. The monoisotopic (exact) mass is 479 g/mol. The van der Waals surface area contributed by atoms with Gasteiger partial charge in [0.25, 0.3) is 0 Å². The molecule has 0 amide bonds. The molecule has 0 aliphatic heterocycles. The average molecular weight is 480 g/mol. The second-order valence-corrected chi connectivity index (χ2v) is 12.0. The van der Waals surface area contributed by atoms with Gasteiger partial charge in [0.2, 0.25) is 0 Å². The zero-order valence-corrected chi connectivity index (χ0v) is 24.7. The Morgan fingerprint density at radius 3 is 0.971 bits per heavy atom. The van der Waals surface area contributed by atoms with E-state index in [0.29, 0.717) is 35.8 Å². The molecule has 2 aromatic rings. The molecule has 0 aromatic heterocycles. The molecule has 2 unspecified atom stereocenters. The SMILES string of the molecule is Cc1cc(C(C)C)c(NC(C)CNCC(C)Nc2c(C(C)C)cc(C)cc2C(C)C)c(C(C)C)c1. The van der Waals surface area contributed by atoms with Crippen LogP contribution in [0.5, 0.6) is 0 Å². The summed E-state index contributed by atoms with van der Waals surface area (Å²) in [5.41, 5.74) is 11.1. The van der Waals surface area contributed by atoms with Crippen LogP contribution >= 0.6 is 0 Å². The van der Waals surface area contributed by atoms with Crippen molar-refractivity contribution < 1.29 is 0 Å². The van der Waals surface area contributed by atoms with E-state index < -0.39 is 0 Å². The van der Waals surface area contributed by atoms with Gasteiger partial charge in [-0.3, -0.25) is 0 Å². The van der Waals surface area contributed by atoms with Crippen molar-refractivity contribution in [2.24, 2.45) is 0 Å². The van der Waals surface area contributed by atoms with Crippen molar-refractivity contribution in [3.8, 4) is 0 Å². The van der Waals surface area contributed by atoms with Gasteiger partial charge in [-0.25, -0.2) is 0 Å².